The maximum Gasteiger partial charge on any atom is 0.335 e. The Morgan fingerprint density at radius 2 is 2.22 bits per heavy atom. The first-order valence-electron chi connectivity index (χ1n) is 5.60. The minimum atomic E-state index is -0.873. The Hall–Kier alpha value is -1.88. The van der Waals surface area contributed by atoms with Gasteiger partial charge < -0.3 is 10.0 Å². The summed E-state index contributed by atoms with van der Waals surface area (Å²) in [4.78, 5) is 17.3. The molecule has 1 heterocycles. The molecule has 0 saturated heterocycles. The normalized spacial score (nSPS) is 10.3. The van der Waals surface area contributed by atoms with Crippen LogP contribution in [0.25, 0.3) is 0 Å². The number of aromatic carboxylic acids is 1. The molecule has 0 aliphatic rings. The van der Waals surface area contributed by atoms with Crippen LogP contribution in [0.5, 0.6) is 0 Å². The van der Waals surface area contributed by atoms with E-state index in [0.29, 0.717) is 12.0 Å². The lowest BCUT2D eigenvalue weighted by Gasteiger charge is -2.16. The predicted octanol–water partition coefficient (Wildman–Crippen LogP) is 2.52. The van der Waals surface area contributed by atoms with Crippen molar-refractivity contribution in [2.45, 2.75) is 6.42 Å². The molecule has 18 heavy (non-hydrogen) atoms. The van der Waals surface area contributed by atoms with Gasteiger partial charge in [-0.1, -0.05) is 18.2 Å². The third-order valence-electron chi connectivity index (χ3n) is 2.71. The van der Waals surface area contributed by atoms with Gasteiger partial charge in [-0.05, 0) is 18.1 Å². The van der Waals surface area contributed by atoms with E-state index in [0.717, 1.165) is 17.2 Å². The Bertz CT molecular complexity index is 526. The van der Waals surface area contributed by atoms with Gasteiger partial charge in [0.15, 0.2) is 5.13 Å². The van der Waals surface area contributed by atoms with E-state index in [1.165, 1.54) is 0 Å². The van der Waals surface area contributed by atoms with Crippen LogP contribution in [0.2, 0.25) is 0 Å². The largest absolute Gasteiger partial charge is 0.478 e. The molecule has 0 spiro atoms. The number of carbonyl (C=O) groups is 1. The van der Waals surface area contributed by atoms with Crippen LogP contribution >= 0.6 is 11.3 Å². The van der Waals surface area contributed by atoms with E-state index in [9.17, 15) is 4.79 Å². The highest BCUT2D eigenvalue weighted by molar-refractivity contribution is 7.13. The summed E-state index contributed by atoms with van der Waals surface area (Å²) in [5, 5.41) is 12.0. The van der Waals surface area contributed by atoms with Crippen LogP contribution in [0.15, 0.2) is 35.8 Å². The van der Waals surface area contributed by atoms with Crippen LogP contribution in [0, 0.1) is 0 Å². The molecule has 4 nitrogen and oxygen atoms in total. The number of carboxylic acid groups (broad SMARTS) is 1. The van der Waals surface area contributed by atoms with E-state index in [-0.39, 0.29) is 0 Å². The maximum absolute atomic E-state index is 11.1. The Morgan fingerprint density at radius 3 is 2.89 bits per heavy atom. The third-order valence-corrected chi connectivity index (χ3v) is 3.60. The molecule has 2 rings (SSSR count). The molecule has 0 radical (unpaired) electrons. The predicted molar refractivity (Wildman–Crippen MR) is 72.5 cm³/mol. The molecule has 5 heteroatoms. The van der Waals surface area contributed by atoms with Gasteiger partial charge in [-0.25, -0.2) is 9.78 Å². The molecule has 1 aromatic heterocycles. The van der Waals surface area contributed by atoms with Crippen molar-refractivity contribution >= 4 is 22.4 Å². The Morgan fingerprint density at radius 1 is 1.44 bits per heavy atom. The fraction of sp³-hybridized carbons (Fsp3) is 0.231. The number of aromatic nitrogens is 1. The molecule has 0 fully saturated rings. The van der Waals surface area contributed by atoms with Gasteiger partial charge >= 0.3 is 5.97 Å². The number of thiazole rings is 1. The van der Waals surface area contributed by atoms with E-state index in [1.54, 1.807) is 29.7 Å². The number of rotatable bonds is 5. The Kier molecular flexibility index (Phi) is 3.94. The van der Waals surface area contributed by atoms with Crippen LogP contribution < -0.4 is 4.90 Å². The van der Waals surface area contributed by atoms with Crippen molar-refractivity contribution in [2.24, 2.45) is 0 Å². The van der Waals surface area contributed by atoms with Crippen molar-refractivity contribution in [2.75, 3.05) is 18.5 Å². The van der Waals surface area contributed by atoms with Crippen molar-refractivity contribution < 1.29 is 9.90 Å². The lowest BCUT2D eigenvalue weighted by molar-refractivity contribution is 0.0695. The number of hydrogen-bond acceptors (Lipinski definition) is 4. The monoisotopic (exact) mass is 262 g/mol. The molecular formula is C13H14N2O2S. The molecule has 1 aromatic carbocycles. The number of anilines is 1. The van der Waals surface area contributed by atoms with Gasteiger partial charge in [-0.2, -0.15) is 0 Å². The highest BCUT2D eigenvalue weighted by Crippen LogP contribution is 2.17. The molecule has 0 aliphatic heterocycles. The highest BCUT2D eigenvalue weighted by Gasteiger charge is 2.10. The maximum atomic E-state index is 11.1. The standard InChI is InChI=1S/C13H14N2O2S/c1-15(13-14-7-9-18-13)8-6-10-4-2-3-5-11(10)12(16)17/h2-5,7,9H,6,8H2,1H3,(H,16,17). The van der Waals surface area contributed by atoms with Gasteiger partial charge in [-0.15, -0.1) is 11.3 Å². The first kappa shape index (κ1) is 12.6. The number of carboxylic acids is 1. The number of nitrogens with zero attached hydrogens (tertiary/aromatic N) is 2. The number of likely N-dealkylation sites (N-methyl/N-ethyl adjacent to an activating group) is 1. The van der Waals surface area contributed by atoms with E-state index >= 15 is 0 Å². The second kappa shape index (κ2) is 5.64. The first-order valence-corrected chi connectivity index (χ1v) is 6.48. The lowest BCUT2D eigenvalue weighted by atomic mass is 10.0. The number of hydrogen-bond donors (Lipinski definition) is 1. The molecule has 2 aromatic rings. The van der Waals surface area contributed by atoms with Gasteiger partial charge in [0.2, 0.25) is 0 Å². The van der Waals surface area contributed by atoms with Crippen molar-refractivity contribution in [1.29, 1.82) is 0 Å². The second-order valence-corrected chi connectivity index (χ2v) is 4.82. The van der Waals surface area contributed by atoms with Crippen molar-refractivity contribution in [1.82, 2.24) is 4.98 Å². The van der Waals surface area contributed by atoms with E-state index in [2.05, 4.69) is 4.98 Å². The second-order valence-electron chi connectivity index (χ2n) is 3.95. The molecule has 94 valence electrons. The van der Waals surface area contributed by atoms with Crippen molar-refractivity contribution in [3.8, 4) is 0 Å². The van der Waals surface area contributed by atoms with Crippen LogP contribution in [0.4, 0.5) is 5.13 Å². The zero-order valence-corrected chi connectivity index (χ0v) is 10.9. The zero-order valence-electron chi connectivity index (χ0n) is 10.0. The van der Waals surface area contributed by atoms with E-state index < -0.39 is 5.97 Å². The fourth-order valence-corrected chi connectivity index (χ4v) is 2.37. The van der Waals surface area contributed by atoms with Gasteiger partial charge in [0.25, 0.3) is 0 Å². The van der Waals surface area contributed by atoms with E-state index in [1.807, 2.05) is 29.5 Å². The molecule has 1 N–H and O–H groups in total. The summed E-state index contributed by atoms with van der Waals surface area (Å²) in [6, 6.07) is 7.11. The minimum absolute atomic E-state index is 0.380. The molecule has 0 atom stereocenters. The molecular weight excluding hydrogens is 248 g/mol. The van der Waals surface area contributed by atoms with Gasteiger partial charge in [-0.3, -0.25) is 0 Å². The van der Waals surface area contributed by atoms with Crippen molar-refractivity contribution in [3.63, 3.8) is 0 Å². The summed E-state index contributed by atoms with van der Waals surface area (Å²) in [7, 11) is 1.96. The Balaban J connectivity index is 2.04. The van der Waals surface area contributed by atoms with Gasteiger partial charge in [0.1, 0.15) is 0 Å². The molecule has 0 amide bonds. The topological polar surface area (TPSA) is 53.4 Å². The van der Waals surface area contributed by atoms with Crippen LogP contribution in [-0.2, 0) is 6.42 Å². The van der Waals surface area contributed by atoms with Gasteiger partial charge in [0, 0.05) is 25.2 Å². The summed E-state index contributed by atoms with van der Waals surface area (Å²) in [5.41, 5.74) is 1.23. The highest BCUT2D eigenvalue weighted by atomic mass is 32.1. The average Bonchev–Trinajstić information content (AvgIpc) is 2.90. The quantitative estimate of drug-likeness (QED) is 0.899. The summed E-state index contributed by atoms with van der Waals surface area (Å²) in [6.45, 7) is 0.748. The summed E-state index contributed by atoms with van der Waals surface area (Å²) in [6.07, 6.45) is 2.46. The minimum Gasteiger partial charge on any atom is -0.478 e. The summed E-state index contributed by atoms with van der Waals surface area (Å²) >= 11 is 1.58. The molecule has 0 aliphatic carbocycles. The molecule has 0 unspecified atom stereocenters. The van der Waals surface area contributed by atoms with Crippen LogP contribution in [-0.4, -0.2) is 29.7 Å². The smallest absolute Gasteiger partial charge is 0.335 e. The fourth-order valence-electron chi connectivity index (χ4n) is 1.74. The lowest BCUT2D eigenvalue weighted by Crippen LogP contribution is -2.20. The van der Waals surface area contributed by atoms with Gasteiger partial charge in [0.05, 0.1) is 5.56 Å². The summed E-state index contributed by atoms with van der Waals surface area (Å²) < 4.78 is 0. The number of benzene rings is 1. The molecule has 0 bridgehead atoms. The van der Waals surface area contributed by atoms with Crippen LogP contribution in [0.3, 0.4) is 0 Å². The zero-order chi connectivity index (χ0) is 13.0. The first-order chi connectivity index (χ1) is 8.68. The average molecular weight is 262 g/mol. The third kappa shape index (κ3) is 2.87. The SMILES string of the molecule is CN(CCc1ccccc1C(=O)O)c1nccs1. The summed E-state index contributed by atoms with van der Waals surface area (Å²) in [5.74, 6) is -0.873. The Labute approximate surface area is 110 Å². The van der Waals surface area contributed by atoms with Crippen molar-refractivity contribution in [3.05, 3.63) is 47.0 Å². The van der Waals surface area contributed by atoms with Crippen LogP contribution in [0.1, 0.15) is 15.9 Å². The van der Waals surface area contributed by atoms with E-state index in [4.69, 9.17) is 5.11 Å². The molecule has 0 saturated carbocycles.